The molecule has 0 spiro atoms. The molecule has 1 rings (SSSR count). The van der Waals surface area contributed by atoms with Gasteiger partial charge in [0.25, 0.3) is 5.91 Å². The van der Waals surface area contributed by atoms with E-state index in [4.69, 9.17) is 0 Å². The summed E-state index contributed by atoms with van der Waals surface area (Å²) < 4.78 is 0. The van der Waals surface area contributed by atoms with E-state index in [0.29, 0.717) is 5.56 Å². The lowest BCUT2D eigenvalue weighted by atomic mass is 10.2. The summed E-state index contributed by atoms with van der Waals surface area (Å²) in [5, 5.41) is 3.23. The SMILES string of the molecule is CCCNc1cncc(C(=O)N(CC)CC)c1. The Bertz CT molecular complexity index is 361. The molecule has 1 N–H and O–H groups in total. The van der Waals surface area contributed by atoms with Gasteiger partial charge in [-0.1, -0.05) is 6.92 Å². The van der Waals surface area contributed by atoms with Gasteiger partial charge in [0.1, 0.15) is 0 Å². The fourth-order valence-electron chi connectivity index (χ4n) is 1.62. The molecular formula is C13H21N3O. The Morgan fingerprint density at radius 3 is 2.59 bits per heavy atom. The number of rotatable bonds is 6. The third-order valence-electron chi connectivity index (χ3n) is 2.61. The van der Waals surface area contributed by atoms with Crippen LogP contribution in [0.4, 0.5) is 5.69 Å². The largest absolute Gasteiger partial charge is 0.384 e. The highest BCUT2D eigenvalue weighted by molar-refractivity contribution is 5.94. The highest BCUT2D eigenvalue weighted by Gasteiger charge is 2.12. The summed E-state index contributed by atoms with van der Waals surface area (Å²) in [7, 11) is 0. The number of nitrogens with zero attached hydrogens (tertiary/aromatic N) is 2. The van der Waals surface area contributed by atoms with Gasteiger partial charge >= 0.3 is 0 Å². The highest BCUT2D eigenvalue weighted by atomic mass is 16.2. The molecule has 4 heteroatoms. The topological polar surface area (TPSA) is 45.2 Å². The van der Waals surface area contributed by atoms with Gasteiger partial charge in [-0.05, 0) is 26.3 Å². The standard InChI is InChI=1S/C13H21N3O/c1-4-7-15-12-8-11(9-14-10-12)13(17)16(5-2)6-3/h8-10,15H,4-7H2,1-3H3. The van der Waals surface area contributed by atoms with E-state index in [2.05, 4.69) is 17.2 Å². The van der Waals surface area contributed by atoms with Crippen LogP contribution in [0.25, 0.3) is 0 Å². The minimum atomic E-state index is 0.0441. The van der Waals surface area contributed by atoms with Crippen molar-refractivity contribution < 1.29 is 4.79 Å². The maximum absolute atomic E-state index is 12.1. The van der Waals surface area contributed by atoms with Gasteiger partial charge in [-0.3, -0.25) is 9.78 Å². The zero-order valence-electron chi connectivity index (χ0n) is 10.9. The molecular weight excluding hydrogens is 214 g/mol. The predicted molar refractivity (Wildman–Crippen MR) is 70.3 cm³/mol. The predicted octanol–water partition coefficient (Wildman–Crippen LogP) is 2.39. The molecule has 1 amide bonds. The lowest BCUT2D eigenvalue weighted by molar-refractivity contribution is 0.0772. The van der Waals surface area contributed by atoms with Crippen molar-refractivity contribution >= 4 is 11.6 Å². The number of hydrogen-bond acceptors (Lipinski definition) is 3. The van der Waals surface area contributed by atoms with E-state index in [9.17, 15) is 4.79 Å². The Hall–Kier alpha value is -1.58. The van der Waals surface area contributed by atoms with Crippen LogP contribution in [0.1, 0.15) is 37.6 Å². The van der Waals surface area contributed by atoms with Gasteiger partial charge < -0.3 is 10.2 Å². The summed E-state index contributed by atoms with van der Waals surface area (Å²) in [5.41, 5.74) is 1.56. The summed E-state index contributed by atoms with van der Waals surface area (Å²) in [6, 6.07) is 1.86. The van der Waals surface area contributed by atoms with E-state index in [1.54, 1.807) is 17.3 Å². The summed E-state index contributed by atoms with van der Waals surface area (Å²) in [6.07, 6.45) is 4.42. The van der Waals surface area contributed by atoms with E-state index >= 15 is 0 Å². The van der Waals surface area contributed by atoms with Crippen molar-refractivity contribution in [2.45, 2.75) is 27.2 Å². The minimum Gasteiger partial charge on any atom is -0.384 e. The normalized spacial score (nSPS) is 10.1. The van der Waals surface area contributed by atoms with Gasteiger partial charge in [0.15, 0.2) is 0 Å². The van der Waals surface area contributed by atoms with E-state index in [-0.39, 0.29) is 5.91 Å². The smallest absolute Gasteiger partial charge is 0.255 e. The molecule has 0 radical (unpaired) electrons. The molecule has 0 saturated heterocycles. The average molecular weight is 235 g/mol. The minimum absolute atomic E-state index is 0.0441. The maximum atomic E-state index is 12.1. The van der Waals surface area contributed by atoms with Crippen molar-refractivity contribution in [3.05, 3.63) is 24.0 Å². The summed E-state index contributed by atoms with van der Waals surface area (Å²) >= 11 is 0. The van der Waals surface area contributed by atoms with Gasteiger partial charge in [-0.2, -0.15) is 0 Å². The number of nitrogens with one attached hydrogen (secondary N) is 1. The van der Waals surface area contributed by atoms with Crippen molar-refractivity contribution in [1.29, 1.82) is 0 Å². The quantitative estimate of drug-likeness (QED) is 0.823. The number of carbonyl (C=O) groups excluding carboxylic acids is 1. The molecule has 17 heavy (non-hydrogen) atoms. The van der Waals surface area contributed by atoms with Crippen LogP contribution in [0.15, 0.2) is 18.5 Å². The van der Waals surface area contributed by atoms with Crippen molar-refractivity contribution in [1.82, 2.24) is 9.88 Å². The van der Waals surface area contributed by atoms with Crippen molar-refractivity contribution in [2.24, 2.45) is 0 Å². The van der Waals surface area contributed by atoms with Crippen LogP contribution >= 0.6 is 0 Å². The first-order chi connectivity index (χ1) is 8.22. The first-order valence-electron chi connectivity index (χ1n) is 6.21. The lowest BCUT2D eigenvalue weighted by Crippen LogP contribution is -2.30. The summed E-state index contributed by atoms with van der Waals surface area (Å²) in [6.45, 7) is 8.40. The van der Waals surface area contributed by atoms with E-state index < -0.39 is 0 Å². The van der Waals surface area contributed by atoms with Crippen LogP contribution in [0.2, 0.25) is 0 Å². The molecule has 94 valence electrons. The molecule has 0 saturated carbocycles. The van der Waals surface area contributed by atoms with Crippen LogP contribution < -0.4 is 5.32 Å². The molecule has 0 unspecified atom stereocenters. The number of carbonyl (C=O) groups is 1. The molecule has 1 heterocycles. The van der Waals surface area contributed by atoms with E-state index in [1.165, 1.54) is 0 Å². The van der Waals surface area contributed by atoms with Crippen molar-refractivity contribution in [3.63, 3.8) is 0 Å². The Morgan fingerprint density at radius 1 is 1.29 bits per heavy atom. The summed E-state index contributed by atoms with van der Waals surface area (Å²) in [5.74, 6) is 0.0441. The second-order valence-electron chi connectivity index (χ2n) is 3.87. The monoisotopic (exact) mass is 235 g/mol. The molecule has 1 aromatic rings. The van der Waals surface area contributed by atoms with Crippen LogP contribution in [0.3, 0.4) is 0 Å². The molecule has 0 bridgehead atoms. The molecule has 1 aromatic heterocycles. The second-order valence-corrected chi connectivity index (χ2v) is 3.87. The zero-order chi connectivity index (χ0) is 12.7. The van der Waals surface area contributed by atoms with E-state index in [0.717, 1.165) is 31.7 Å². The zero-order valence-corrected chi connectivity index (χ0v) is 10.9. The Balaban J connectivity index is 2.79. The Labute approximate surface area is 103 Å². The van der Waals surface area contributed by atoms with Gasteiger partial charge in [-0.15, -0.1) is 0 Å². The molecule has 4 nitrogen and oxygen atoms in total. The number of aromatic nitrogens is 1. The fraction of sp³-hybridized carbons (Fsp3) is 0.538. The third kappa shape index (κ3) is 3.73. The molecule has 0 fully saturated rings. The molecule has 0 aliphatic heterocycles. The van der Waals surface area contributed by atoms with Gasteiger partial charge in [-0.25, -0.2) is 0 Å². The number of pyridine rings is 1. The first kappa shape index (κ1) is 13.5. The maximum Gasteiger partial charge on any atom is 0.255 e. The highest BCUT2D eigenvalue weighted by Crippen LogP contribution is 2.10. The molecule has 0 aromatic carbocycles. The van der Waals surface area contributed by atoms with Gasteiger partial charge in [0.05, 0.1) is 11.3 Å². The van der Waals surface area contributed by atoms with Crippen molar-refractivity contribution in [2.75, 3.05) is 25.0 Å². The Kier molecular flexibility index (Phi) is 5.46. The fourth-order valence-corrected chi connectivity index (χ4v) is 1.62. The summed E-state index contributed by atoms with van der Waals surface area (Å²) in [4.78, 5) is 18.0. The van der Waals surface area contributed by atoms with Crippen LogP contribution in [-0.4, -0.2) is 35.4 Å². The molecule has 0 atom stereocenters. The molecule has 0 aliphatic rings. The van der Waals surface area contributed by atoms with Crippen molar-refractivity contribution in [3.8, 4) is 0 Å². The first-order valence-corrected chi connectivity index (χ1v) is 6.21. The molecule has 0 aliphatic carbocycles. The van der Waals surface area contributed by atoms with Crippen LogP contribution in [-0.2, 0) is 0 Å². The number of anilines is 1. The van der Waals surface area contributed by atoms with Crippen LogP contribution in [0, 0.1) is 0 Å². The van der Waals surface area contributed by atoms with Gasteiger partial charge in [0, 0.05) is 32.0 Å². The third-order valence-corrected chi connectivity index (χ3v) is 2.61. The number of hydrogen-bond donors (Lipinski definition) is 1. The lowest BCUT2D eigenvalue weighted by Gasteiger charge is -2.18. The second kappa shape index (κ2) is 6.89. The van der Waals surface area contributed by atoms with Crippen LogP contribution in [0.5, 0.6) is 0 Å². The average Bonchev–Trinajstić information content (AvgIpc) is 2.38. The van der Waals surface area contributed by atoms with E-state index in [1.807, 2.05) is 19.9 Å². The van der Waals surface area contributed by atoms with Gasteiger partial charge in [0.2, 0.25) is 0 Å². The number of amides is 1. The Morgan fingerprint density at radius 2 is 2.00 bits per heavy atom.